The van der Waals surface area contributed by atoms with Crippen molar-refractivity contribution in [1.29, 1.82) is 0 Å². The van der Waals surface area contributed by atoms with Crippen LogP contribution in [0.25, 0.3) is 11.0 Å². The average Bonchev–Trinajstić information content (AvgIpc) is 3.40. The number of fused-ring (bicyclic) bond motifs is 1. The topological polar surface area (TPSA) is 102 Å². The Morgan fingerprint density at radius 3 is 2.62 bits per heavy atom. The molecule has 2 aliphatic carbocycles. The fourth-order valence-electron chi connectivity index (χ4n) is 4.02. The quantitative estimate of drug-likeness (QED) is 0.548. The number of nitrogens with two attached hydrogens (primary N) is 1. The normalized spacial score (nSPS) is 18.6. The van der Waals surface area contributed by atoms with Gasteiger partial charge >= 0.3 is 0 Å². The summed E-state index contributed by atoms with van der Waals surface area (Å²) >= 11 is 0. The highest BCUT2D eigenvalue weighted by molar-refractivity contribution is 5.92. The summed E-state index contributed by atoms with van der Waals surface area (Å²) in [6, 6.07) is 7.88. The van der Waals surface area contributed by atoms with Gasteiger partial charge in [-0.25, -0.2) is 13.8 Å². The number of imidazole rings is 1. The summed E-state index contributed by atoms with van der Waals surface area (Å²) < 4.78 is 26.0. The van der Waals surface area contributed by atoms with Crippen LogP contribution in [0.4, 0.5) is 8.78 Å². The molecule has 172 valence electrons. The predicted molar refractivity (Wildman–Crippen MR) is 118 cm³/mol. The first-order valence-electron chi connectivity index (χ1n) is 11.2. The molecule has 1 amide bonds. The first-order valence-corrected chi connectivity index (χ1v) is 11.2. The second-order valence-electron chi connectivity index (χ2n) is 8.76. The Labute approximate surface area is 185 Å². The Balaban J connectivity index is 0.000000260. The molecule has 4 N–H and O–H groups in total. The highest BCUT2D eigenvalue weighted by Gasteiger charge is 2.30. The number of carbonyl (C=O) groups excluding carboxylic acids is 1. The lowest BCUT2D eigenvalue weighted by Crippen LogP contribution is -2.25. The maximum absolute atomic E-state index is 12.2. The number of alkyl halides is 2. The molecule has 0 spiro atoms. The van der Waals surface area contributed by atoms with Crippen molar-refractivity contribution >= 4 is 16.9 Å². The Morgan fingerprint density at radius 2 is 2.03 bits per heavy atom. The van der Waals surface area contributed by atoms with Gasteiger partial charge < -0.3 is 16.0 Å². The fourth-order valence-corrected chi connectivity index (χ4v) is 4.02. The highest BCUT2D eigenvalue weighted by atomic mass is 19.3. The number of H-pyrrole nitrogens is 1. The van der Waals surface area contributed by atoms with Gasteiger partial charge in [-0.3, -0.25) is 9.48 Å². The van der Waals surface area contributed by atoms with Gasteiger partial charge in [0.2, 0.25) is 5.92 Å². The number of aromatic amines is 1. The van der Waals surface area contributed by atoms with Gasteiger partial charge in [0, 0.05) is 32.1 Å². The van der Waals surface area contributed by atoms with E-state index >= 15 is 0 Å². The van der Waals surface area contributed by atoms with Crippen LogP contribution in [-0.2, 0) is 13.6 Å². The molecule has 1 aromatic carbocycles. The van der Waals surface area contributed by atoms with Crippen LogP contribution in [0, 0.1) is 5.92 Å². The van der Waals surface area contributed by atoms with Crippen LogP contribution in [-0.4, -0.2) is 31.6 Å². The molecule has 1 unspecified atom stereocenters. The van der Waals surface area contributed by atoms with Crippen molar-refractivity contribution in [3.8, 4) is 0 Å². The van der Waals surface area contributed by atoms with Gasteiger partial charge in [-0.1, -0.05) is 12.5 Å². The van der Waals surface area contributed by atoms with E-state index in [2.05, 4.69) is 26.4 Å². The minimum Gasteiger partial charge on any atom is -0.343 e. The van der Waals surface area contributed by atoms with E-state index in [1.165, 1.54) is 12.8 Å². The SMILES string of the molecule is Cn1nccc1C(=O)NCc1nc2ccc(C(N)C3CC3)cc2[nH]1.FC1(F)CCCCC1. The smallest absolute Gasteiger partial charge is 0.269 e. The third kappa shape index (κ3) is 5.51. The number of hydrogen-bond acceptors (Lipinski definition) is 4. The monoisotopic (exact) mass is 444 g/mol. The number of carbonyl (C=O) groups is 1. The first-order chi connectivity index (χ1) is 15.3. The summed E-state index contributed by atoms with van der Waals surface area (Å²) in [6.45, 7) is 0.336. The molecule has 2 fully saturated rings. The third-order valence-corrected chi connectivity index (χ3v) is 6.12. The molecule has 0 radical (unpaired) electrons. The maximum atomic E-state index is 12.2. The molecule has 2 saturated carbocycles. The third-order valence-electron chi connectivity index (χ3n) is 6.12. The number of aryl methyl sites for hydroxylation is 1. The number of hydrogen-bond donors (Lipinski definition) is 3. The van der Waals surface area contributed by atoms with Crippen LogP contribution in [0.3, 0.4) is 0 Å². The lowest BCUT2D eigenvalue weighted by atomic mass is 9.97. The minimum atomic E-state index is -2.32. The molecular formula is C23H30F2N6O. The van der Waals surface area contributed by atoms with Gasteiger partial charge in [0.15, 0.2) is 0 Å². The maximum Gasteiger partial charge on any atom is 0.269 e. The number of nitrogens with zero attached hydrogens (tertiary/aromatic N) is 3. The van der Waals surface area contributed by atoms with Gasteiger partial charge in [-0.15, -0.1) is 0 Å². The van der Waals surface area contributed by atoms with Crippen LogP contribution < -0.4 is 11.1 Å². The zero-order valence-corrected chi connectivity index (χ0v) is 18.3. The second-order valence-corrected chi connectivity index (χ2v) is 8.76. The molecule has 0 bridgehead atoms. The number of nitrogens with one attached hydrogen (secondary N) is 2. The zero-order chi connectivity index (χ0) is 22.7. The van der Waals surface area contributed by atoms with Gasteiger partial charge in [0.25, 0.3) is 5.91 Å². The summed E-state index contributed by atoms with van der Waals surface area (Å²) in [5, 5.41) is 6.84. The van der Waals surface area contributed by atoms with E-state index in [-0.39, 0.29) is 24.8 Å². The van der Waals surface area contributed by atoms with Crippen LogP contribution in [0.1, 0.15) is 72.9 Å². The number of aromatic nitrogens is 4. The van der Waals surface area contributed by atoms with Gasteiger partial charge in [-0.05, 0) is 55.4 Å². The summed E-state index contributed by atoms with van der Waals surface area (Å²) in [7, 11) is 1.74. The molecule has 7 nitrogen and oxygen atoms in total. The minimum absolute atomic E-state index is 0.102. The van der Waals surface area contributed by atoms with E-state index in [9.17, 15) is 13.6 Å². The summed E-state index contributed by atoms with van der Waals surface area (Å²) in [5.74, 6) is -1.16. The van der Waals surface area contributed by atoms with Crippen molar-refractivity contribution in [1.82, 2.24) is 25.1 Å². The van der Waals surface area contributed by atoms with E-state index in [1.54, 1.807) is 24.0 Å². The van der Waals surface area contributed by atoms with E-state index in [1.807, 2.05) is 12.1 Å². The van der Waals surface area contributed by atoms with E-state index in [0.717, 1.165) is 28.8 Å². The van der Waals surface area contributed by atoms with Crippen LogP contribution in [0.2, 0.25) is 0 Å². The van der Waals surface area contributed by atoms with Crippen LogP contribution >= 0.6 is 0 Å². The molecular weight excluding hydrogens is 414 g/mol. The van der Waals surface area contributed by atoms with Gasteiger partial charge in [0.05, 0.1) is 17.6 Å². The Bertz CT molecular complexity index is 1060. The lowest BCUT2D eigenvalue weighted by Gasteiger charge is -2.20. The molecule has 32 heavy (non-hydrogen) atoms. The summed E-state index contributed by atoms with van der Waals surface area (Å²) in [4.78, 5) is 19.9. The number of rotatable bonds is 5. The zero-order valence-electron chi connectivity index (χ0n) is 18.3. The molecule has 0 saturated heterocycles. The van der Waals surface area contributed by atoms with Crippen molar-refractivity contribution in [2.75, 3.05) is 0 Å². The van der Waals surface area contributed by atoms with Gasteiger partial charge in [-0.2, -0.15) is 5.10 Å². The van der Waals surface area contributed by atoms with Crippen LogP contribution in [0.5, 0.6) is 0 Å². The molecule has 1 atom stereocenters. The van der Waals surface area contributed by atoms with Crippen molar-refractivity contribution in [3.05, 3.63) is 47.5 Å². The highest BCUT2D eigenvalue weighted by Crippen LogP contribution is 2.39. The molecule has 9 heteroatoms. The van der Waals surface area contributed by atoms with Crippen molar-refractivity contribution in [2.24, 2.45) is 18.7 Å². The fraction of sp³-hybridized carbons (Fsp3) is 0.522. The van der Waals surface area contributed by atoms with Gasteiger partial charge in [0.1, 0.15) is 11.5 Å². The number of amides is 1. The van der Waals surface area contributed by atoms with Crippen molar-refractivity contribution in [2.45, 2.75) is 63.5 Å². The van der Waals surface area contributed by atoms with E-state index < -0.39 is 5.92 Å². The van der Waals surface area contributed by atoms with E-state index in [0.29, 0.717) is 31.0 Å². The largest absolute Gasteiger partial charge is 0.343 e. The molecule has 2 aliphatic rings. The molecule has 5 rings (SSSR count). The first kappa shape index (κ1) is 22.4. The van der Waals surface area contributed by atoms with Crippen LogP contribution in [0.15, 0.2) is 30.5 Å². The Hall–Kier alpha value is -2.81. The van der Waals surface area contributed by atoms with Crippen molar-refractivity contribution in [3.63, 3.8) is 0 Å². The Morgan fingerprint density at radius 1 is 1.28 bits per heavy atom. The molecule has 2 aromatic heterocycles. The molecule has 0 aliphatic heterocycles. The number of benzene rings is 1. The second kappa shape index (κ2) is 9.36. The summed E-state index contributed by atoms with van der Waals surface area (Å²) in [5.41, 5.74) is 9.75. The summed E-state index contributed by atoms with van der Waals surface area (Å²) in [6.07, 6.45) is 6.69. The van der Waals surface area contributed by atoms with E-state index in [4.69, 9.17) is 5.73 Å². The van der Waals surface area contributed by atoms with Crippen molar-refractivity contribution < 1.29 is 13.6 Å². The molecule has 3 aromatic rings. The Kier molecular flexibility index (Phi) is 6.55. The number of halogens is 2. The standard InChI is InChI=1S/C17H20N6O.C6H10F2/c1-23-14(6-7-20-23)17(24)19-9-15-21-12-5-4-11(8-13(12)22-15)16(18)10-2-3-10;7-6(8)4-2-1-3-5-6/h4-8,10,16H,2-3,9,18H2,1H3,(H,19,24)(H,21,22);1-5H2. The predicted octanol–water partition coefficient (Wildman–Crippen LogP) is 4.22. The lowest BCUT2D eigenvalue weighted by molar-refractivity contribution is -0.0337. The molecule has 2 heterocycles. The average molecular weight is 445 g/mol.